The number of imide groups is 1. The number of piperazine rings is 1. The fraction of sp³-hybridized carbons (Fsp3) is 0.818. The first-order chi connectivity index (χ1) is 8.97. The van der Waals surface area contributed by atoms with Gasteiger partial charge in [0, 0.05) is 0 Å². The summed E-state index contributed by atoms with van der Waals surface area (Å²) < 4.78 is 25.2. The van der Waals surface area contributed by atoms with Crippen molar-refractivity contribution in [2.24, 2.45) is 5.92 Å². The first-order valence-electron chi connectivity index (χ1n) is 6.48. The van der Waals surface area contributed by atoms with Crippen LogP contribution in [0.1, 0.15) is 19.3 Å². The second kappa shape index (κ2) is 5.98. The van der Waals surface area contributed by atoms with Crippen molar-refractivity contribution in [1.29, 1.82) is 0 Å². The molecule has 108 valence electrons. The minimum atomic E-state index is -3.52. The monoisotopic (exact) mass is 289 g/mol. The van der Waals surface area contributed by atoms with E-state index in [0.29, 0.717) is 12.3 Å². The molecule has 2 saturated heterocycles. The smallest absolute Gasteiger partial charge is 0.241 e. The van der Waals surface area contributed by atoms with Crippen LogP contribution in [0, 0.1) is 5.92 Å². The third kappa shape index (κ3) is 3.99. The van der Waals surface area contributed by atoms with Gasteiger partial charge in [-0.1, -0.05) is 0 Å². The molecule has 2 heterocycles. The highest BCUT2D eigenvalue weighted by molar-refractivity contribution is 7.89. The quantitative estimate of drug-likeness (QED) is 0.625. The van der Waals surface area contributed by atoms with Crippen LogP contribution < -0.4 is 10.6 Å². The average molecular weight is 289 g/mol. The number of nitrogens with zero attached hydrogens (tertiary/aromatic N) is 1. The minimum absolute atomic E-state index is 0.0121. The molecular formula is C11H19N3O4S. The number of hydrogen-bond donors (Lipinski definition) is 2. The first kappa shape index (κ1) is 14.4. The zero-order valence-electron chi connectivity index (χ0n) is 10.7. The highest BCUT2D eigenvalue weighted by Crippen LogP contribution is 2.18. The molecule has 0 aromatic heterocycles. The molecule has 7 nitrogen and oxygen atoms in total. The van der Waals surface area contributed by atoms with Crippen LogP contribution in [0.4, 0.5) is 0 Å². The second-order valence-corrected chi connectivity index (χ2v) is 7.13. The number of carbonyl (C=O) groups is 2. The number of rotatable bonds is 4. The molecule has 2 N–H and O–H groups in total. The molecular weight excluding hydrogens is 270 g/mol. The Balaban J connectivity index is 1.90. The van der Waals surface area contributed by atoms with Crippen LogP contribution in [0.25, 0.3) is 0 Å². The van der Waals surface area contributed by atoms with Gasteiger partial charge in [-0.2, -0.15) is 4.31 Å². The van der Waals surface area contributed by atoms with E-state index >= 15 is 0 Å². The summed E-state index contributed by atoms with van der Waals surface area (Å²) in [6.45, 7) is 1.35. The van der Waals surface area contributed by atoms with Crippen molar-refractivity contribution in [3.8, 4) is 0 Å². The summed E-state index contributed by atoms with van der Waals surface area (Å²) in [7, 11) is -3.52. The van der Waals surface area contributed by atoms with E-state index in [4.69, 9.17) is 0 Å². The van der Waals surface area contributed by atoms with E-state index in [1.165, 1.54) is 0 Å². The van der Waals surface area contributed by atoms with Gasteiger partial charge in [-0.25, -0.2) is 8.42 Å². The zero-order valence-corrected chi connectivity index (χ0v) is 11.5. The maximum Gasteiger partial charge on any atom is 0.241 e. The molecule has 0 aromatic carbocycles. The first-order valence-corrected chi connectivity index (χ1v) is 8.09. The van der Waals surface area contributed by atoms with Crippen LogP contribution in [0.5, 0.6) is 0 Å². The molecule has 2 fully saturated rings. The van der Waals surface area contributed by atoms with E-state index in [0.717, 1.165) is 30.2 Å². The normalized spacial score (nSPS) is 23.4. The molecule has 0 saturated carbocycles. The van der Waals surface area contributed by atoms with E-state index in [-0.39, 0.29) is 18.8 Å². The lowest BCUT2D eigenvalue weighted by atomic mass is 9.96. The van der Waals surface area contributed by atoms with Crippen LogP contribution in [0.2, 0.25) is 0 Å². The number of piperidine rings is 1. The van der Waals surface area contributed by atoms with Gasteiger partial charge in [-0.15, -0.1) is 0 Å². The Labute approximate surface area is 112 Å². The molecule has 0 spiro atoms. The van der Waals surface area contributed by atoms with E-state index in [9.17, 15) is 18.0 Å². The average Bonchev–Trinajstić information content (AvgIpc) is 2.37. The lowest BCUT2D eigenvalue weighted by Crippen LogP contribution is -2.53. The summed E-state index contributed by atoms with van der Waals surface area (Å²) >= 11 is 0. The maximum absolute atomic E-state index is 12.1. The van der Waals surface area contributed by atoms with Gasteiger partial charge in [0.05, 0.1) is 18.8 Å². The summed E-state index contributed by atoms with van der Waals surface area (Å²) in [5, 5.41) is 5.32. The van der Waals surface area contributed by atoms with Gasteiger partial charge in [-0.05, 0) is 38.3 Å². The number of carbonyl (C=O) groups excluding carboxylic acids is 2. The maximum atomic E-state index is 12.1. The van der Waals surface area contributed by atoms with Crippen LogP contribution in [-0.2, 0) is 19.6 Å². The Bertz CT molecular complexity index is 441. The summed E-state index contributed by atoms with van der Waals surface area (Å²) in [6, 6.07) is 0. The van der Waals surface area contributed by atoms with Gasteiger partial charge in [0.2, 0.25) is 21.8 Å². The third-order valence-electron chi connectivity index (χ3n) is 3.55. The fourth-order valence-electron chi connectivity index (χ4n) is 2.42. The zero-order chi connectivity index (χ0) is 13.9. The van der Waals surface area contributed by atoms with Crippen LogP contribution in [0.3, 0.4) is 0 Å². The summed E-state index contributed by atoms with van der Waals surface area (Å²) in [6.07, 6.45) is 2.56. The van der Waals surface area contributed by atoms with Gasteiger partial charge in [0.15, 0.2) is 0 Å². The Morgan fingerprint density at radius 3 is 2.26 bits per heavy atom. The molecule has 0 atom stereocenters. The van der Waals surface area contributed by atoms with Gasteiger partial charge < -0.3 is 5.32 Å². The lowest BCUT2D eigenvalue weighted by molar-refractivity contribution is -0.134. The standard InChI is InChI=1S/C11H19N3O4S/c15-10-7-14(8-11(16)13-10)19(17,18)6-3-9-1-4-12-5-2-9/h9,12H,1-8H2,(H,13,15,16). The Morgan fingerprint density at radius 2 is 1.68 bits per heavy atom. The van der Waals surface area contributed by atoms with Crippen molar-refractivity contribution in [3.05, 3.63) is 0 Å². The van der Waals surface area contributed by atoms with Gasteiger partial charge in [0.1, 0.15) is 0 Å². The number of amides is 2. The largest absolute Gasteiger partial charge is 0.317 e. The number of sulfonamides is 1. The predicted molar refractivity (Wildman–Crippen MR) is 68.7 cm³/mol. The molecule has 8 heteroatoms. The van der Waals surface area contributed by atoms with Crippen molar-refractivity contribution < 1.29 is 18.0 Å². The number of hydrogen-bond acceptors (Lipinski definition) is 5. The lowest BCUT2D eigenvalue weighted by Gasteiger charge is -2.27. The summed E-state index contributed by atoms with van der Waals surface area (Å²) in [5.74, 6) is -0.688. The molecule has 0 unspecified atom stereocenters. The van der Waals surface area contributed by atoms with Gasteiger partial charge in [-0.3, -0.25) is 14.9 Å². The molecule has 2 aliphatic heterocycles. The SMILES string of the molecule is O=C1CN(S(=O)(=O)CCC2CCNCC2)CC(=O)N1. The second-order valence-electron chi connectivity index (χ2n) is 5.04. The van der Waals surface area contributed by atoms with E-state index in [2.05, 4.69) is 10.6 Å². The van der Waals surface area contributed by atoms with Crippen LogP contribution in [-0.4, -0.2) is 56.5 Å². The molecule has 2 amide bonds. The van der Waals surface area contributed by atoms with Crippen molar-refractivity contribution in [1.82, 2.24) is 14.9 Å². The number of nitrogens with one attached hydrogen (secondary N) is 2. The molecule has 0 aliphatic carbocycles. The fourth-order valence-corrected chi connectivity index (χ4v) is 3.94. The van der Waals surface area contributed by atoms with Crippen molar-refractivity contribution >= 4 is 21.8 Å². The van der Waals surface area contributed by atoms with Gasteiger partial charge in [0.25, 0.3) is 0 Å². The highest BCUT2D eigenvalue weighted by atomic mass is 32.2. The molecule has 2 rings (SSSR count). The summed E-state index contributed by atoms with van der Waals surface area (Å²) in [5.41, 5.74) is 0. The predicted octanol–water partition coefficient (Wildman–Crippen LogP) is -1.34. The topological polar surface area (TPSA) is 95.6 Å². The third-order valence-corrected chi connectivity index (χ3v) is 5.35. The Morgan fingerprint density at radius 1 is 1.11 bits per heavy atom. The van der Waals surface area contributed by atoms with Gasteiger partial charge >= 0.3 is 0 Å². The van der Waals surface area contributed by atoms with Crippen molar-refractivity contribution in [2.45, 2.75) is 19.3 Å². The molecule has 0 radical (unpaired) electrons. The Kier molecular flexibility index (Phi) is 4.54. The highest BCUT2D eigenvalue weighted by Gasteiger charge is 2.31. The molecule has 0 bridgehead atoms. The summed E-state index contributed by atoms with van der Waals surface area (Å²) in [4.78, 5) is 22.4. The van der Waals surface area contributed by atoms with E-state index in [1.807, 2.05) is 0 Å². The Hall–Kier alpha value is -0.990. The minimum Gasteiger partial charge on any atom is -0.317 e. The van der Waals surface area contributed by atoms with E-state index in [1.54, 1.807) is 0 Å². The molecule has 0 aromatic rings. The van der Waals surface area contributed by atoms with Crippen molar-refractivity contribution in [3.63, 3.8) is 0 Å². The van der Waals surface area contributed by atoms with Crippen LogP contribution >= 0.6 is 0 Å². The molecule has 2 aliphatic rings. The van der Waals surface area contributed by atoms with Crippen LogP contribution in [0.15, 0.2) is 0 Å². The van der Waals surface area contributed by atoms with E-state index < -0.39 is 21.8 Å². The molecule has 19 heavy (non-hydrogen) atoms. The van der Waals surface area contributed by atoms with Crippen molar-refractivity contribution in [2.75, 3.05) is 31.9 Å².